The van der Waals surface area contributed by atoms with E-state index in [1.54, 1.807) is 0 Å². The maximum atomic E-state index is 3.27. The molecule has 2 radical (unpaired) electrons. The summed E-state index contributed by atoms with van der Waals surface area (Å²) in [6, 6.07) is 32.6. The van der Waals surface area contributed by atoms with Gasteiger partial charge in [-0.2, -0.15) is 48.5 Å². The van der Waals surface area contributed by atoms with Crippen molar-refractivity contribution in [2.75, 3.05) is 0 Å². The van der Waals surface area contributed by atoms with E-state index in [0.29, 0.717) is 0 Å². The molecule has 0 fully saturated rings. The fourth-order valence-electron chi connectivity index (χ4n) is 1.92. The van der Waals surface area contributed by atoms with E-state index < -0.39 is 0 Å². The van der Waals surface area contributed by atoms with Crippen molar-refractivity contribution < 1.29 is 65.4 Å². The van der Waals surface area contributed by atoms with Crippen LogP contribution in [0.4, 0.5) is 0 Å². The van der Waals surface area contributed by atoms with Gasteiger partial charge in [0.25, 0.3) is 0 Å². The first-order valence-corrected chi connectivity index (χ1v) is 5.82. The van der Waals surface area contributed by atoms with Gasteiger partial charge in [0, 0.05) is 65.4 Å². The maximum absolute atomic E-state index is 3.27. The van der Waals surface area contributed by atoms with Gasteiger partial charge in [-0.25, -0.2) is 46.5 Å². The van der Waals surface area contributed by atoms with Crippen molar-refractivity contribution in [1.82, 2.24) is 0 Å². The summed E-state index contributed by atoms with van der Waals surface area (Å²) in [4.78, 5) is 0. The third-order valence-electron chi connectivity index (χ3n) is 2.75. The van der Waals surface area contributed by atoms with E-state index in [1.807, 2.05) is 60.7 Å². The predicted molar refractivity (Wildman–Crippen MR) is 72.7 cm³/mol. The summed E-state index contributed by atoms with van der Waals surface area (Å²) in [5, 5.41) is 0. The monoisotopic (exact) mass is 404 g/mol. The van der Waals surface area contributed by atoms with Crippen LogP contribution in [0.5, 0.6) is 0 Å². The van der Waals surface area contributed by atoms with Gasteiger partial charge < -0.3 is 0 Å². The molecule has 0 aliphatic rings. The molecule has 0 heterocycles. The van der Waals surface area contributed by atoms with Crippen LogP contribution in [0.2, 0.25) is 0 Å². The second-order valence-electron chi connectivity index (χ2n) is 3.92. The molecule has 0 aromatic heterocycles. The van der Waals surface area contributed by atoms with E-state index >= 15 is 0 Å². The van der Waals surface area contributed by atoms with Gasteiger partial charge in [-0.05, 0) is 0 Å². The molecule has 92 valence electrons. The quantitative estimate of drug-likeness (QED) is 0.562. The van der Waals surface area contributed by atoms with Crippen molar-refractivity contribution >= 4 is 0 Å². The van der Waals surface area contributed by atoms with Crippen molar-refractivity contribution in [2.45, 2.75) is 0 Å². The SMILES string of the molecule is [Y].[Y].[c-]1ccccc1-c1[c-]cc[c-]c1-c1[c-]cccc1. The summed E-state index contributed by atoms with van der Waals surface area (Å²) in [5.74, 6) is 0. The summed E-state index contributed by atoms with van der Waals surface area (Å²) in [6.45, 7) is 0. The molecular formula is C18H10Y2-4. The molecule has 3 aromatic rings. The molecule has 0 atom stereocenters. The van der Waals surface area contributed by atoms with Crippen molar-refractivity contribution in [3.05, 3.63) is 84.9 Å². The largest absolute Gasteiger partial charge is 0.248 e. The van der Waals surface area contributed by atoms with Crippen LogP contribution in [0.1, 0.15) is 0 Å². The molecule has 0 saturated carbocycles. The van der Waals surface area contributed by atoms with Gasteiger partial charge in [0.05, 0.1) is 0 Å². The average molecular weight is 404 g/mol. The zero-order valence-electron chi connectivity index (χ0n) is 10.9. The Morgan fingerprint density at radius 1 is 0.500 bits per heavy atom. The van der Waals surface area contributed by atoms with Crippen LogP contribution < -0.4 is 0 Å². The van der Waals surface area contributed by atoms with E-state index in [-0.39, 0.29) is 65.4 Å². The molecule has 0 aliphatic carbocycles. The van der Waals surface area contributed by atoms with E-state index in [0.717, 1.165) is 22.3 Å². The normalized spacial score (nSPS) is 9.20. The molecule has 0 saturated heterocycles. The molecule has 2 heteroatoms. The molecule has 0 nitrogen and oxygen atoms in total. The molecule has 20 heavy (non-hydrogen) atoms. The first-order valence-electron chi connectivity index (χ1n) is 5.82. The Bertz CT molecular complexity index is 575. The second kappa shape index (κ2) is 9.00. The summed E-state index contributed by atoms with van der Waals surface area (Å²) < 4.78 is 0. The van der Waals surface area contributed by atoms with Gasteiger partial charge in [-0.15, -0.1) is 12.1 Å². The maximum Gasteiger partial charge on any atom is 0 e. The van der Waals surface area contributed by atoms with Crippen molar-refractivity contribution in [3.63, 3.8) is 0 Å². The molecule has 3 rings (SSSR count). The van der Waals surface area contributed by atoms with Gasteiger partial charge in [0.2, 0.25) is 0 Å². The minimum atomic E-state index is 0. The number of benzene rings is 3. The molecule has 3 aromatic carbocycles. The van der Waals surface area contributed by atoms with E-state index in [1.165, 1.54) is 0 Å². The van der Waals surface area contributed by atoms with Gasteiger partial charge in [0.15, 0.2) is 0 Å². The Morgan fingerprint density at radius 2 is 0.950 bits per heavy atom. The second-order valence-corrected chi connectivity index (χ2v) is 3.92. The zero-order chi connectivity index (χ0) is 12.2. The first kappa shape index (κ1) is 17.9. The Labute approximate surface area is 170 Å². The third-order valence-corrected chi connectivity index (χ3v) is 2.75. The van der Waals surface area contributed by atoms with Crippen LogP contribution in [0.3, 0.4) is 0 Å². The fraction of sp³-hybridized carbons (Fsp3) is 0. The van der Waals surface area contributed by atoms with E-state index in [4.69, 9.17) is 0 Å². The van der Waals surface area contributed by atoms with Crippen LogP contribution >= 0.6 is 0 Å². The number of hydrogen-bond acceptors (Lipinski definition) is 0. The Hall–Kier alpha value is -0.132. The van der Waals surface area contributed by atoms with Gasteiger partial charge in [-0.3, -0.25) is 0 Å². The third kappa shape index (κ3) is 4.18. The summed E-state index contributed by atoms with van der Waals surface area (Å²) in [6.07, 6.45) is 0. The average Bonchev–Trinajstić information content (AvgIpc) is 2.49. The molecule has 0 bridgehead atoms. The number of hydrogen-bond donors (Lipinski definition) is 0. The topological polar surface area (TPSA) is 0 Å². The minimum absolute atomic E-state index is 0. The van der Waals surface area contributed by atoms with Gasteiger partial charge in [0.1, 0.15) is 0 Å². The standard InChI is InChI=1S/C18H10.2Y/c1-3-9-15(10-4-1)17-13-7-8-14-18(17)16-11-5-2-6-12-16;;/h1-9,11H;;/q-4;;. The molecule has 0 N–H and O–H groups in total. The summed E-state index contributed by atoms with van der Waals surface area (Å²) >= 11 is 0. The van der Waals surface area contributed by atoms with Crippen LogP contribution in [0.25, 0.3) is 22.3 Å². The van der Waals surface area contributed by atoms with Crippen LogP contribution in [0.15, 0.2) is 60.7 Å². The zero-order valence-corrected chi connectivity index (χ0v) is 16.6. The van der Waals surface area contributed by atoms with Crippen molar-refractivity contribution in [1.29, 1.82) is 0 Å². The van der Waals surface area contributed by atoms with Crippen LogP contribution in [0, 0.1) is 24.3 Å². The molecule has 0 spiro atoms. The first-order chi connectivity index (χ1) is 8.95. The molecule has 0 amide bonds. The van der Waals surface area contributed by atoms with E-state index in [9.17, 15) is 0 Å². The van der Waals surface area contributed by atoms with Crippen LogP contribution in [-0.4, -0.2) is 0 Å². The minimum Gasteiger partial charge on any atom is -0.248 e. The smallest absolute Gasteiger partial charge is 0 e. The summed E-state index contributed by atoms with van der Waals surface area (Å²) in [5.41, 5.74) is 4.09. The molecular weight excluding hydrogens is 394 g/mol. The van der Waals surface area contributed by atoms with Crippen molar-refractivity contribution in [3.8, 4) is 22.3 Å². The van der Waals surface area contributed by atoms with Crippen molar-refractivity contribution in [2.24, 2.45) is 0 Å². The molecule has 0 aliphatic heterocycles. The Morgan fingerprint density at radius 3 is 1.30 bits per heavy atom. The predicted octanol–water partition coefficient (Wildman–Crippen LogP) is 4.22. The summed E-state index contributed by atoms with van der Waals surface area (Å²) in [7, 11) is 0. The van der Waals surface area contributed by atoms with E-state index in [2.05, 4.69) is 24.3 Å². The fourth-order valence-corrected chi connectivity index (χ4v) is 1.92. The Balaban J connectivity index is 0.000001000. The number of rotatable bonds is 2. The molecule has 0 unspecified atom stereocenters. The van der Waals surface area contributed by atoms with Crippen LogP contribution in [-0.2, 0) is 65.4 Å². The van der Waals surface area contributed by atoms with Gasteiger partial charge in [-0.1, -0.05) is 0 Å². The Kier molecular flexibility index (Phi) is 8.07. The van der Waals surface area contributed by atoms with Gasteiger partial charge >= 0.3 is 0 Å².